The third-order valence-corrected chi connectivity index (χ3v) is 2.76. The van der Waals surface area contributed by atoms with Crippen molar-refractivity contribution in [1.82, 2.24) is 4.90 Å². The van der Waals surface area contributed by atoms with Gasteiger partial charge < -0.3 is 14.7 Å². The van der Waals surface area contributed by atoms with Crippen molar-refractivity contribution in [2.45, 2.75) is 31.7 Å². The van der Waals surface area contributed by atoms with Gasteiger partial charge in [0.2, 0.25) is 5.91 Å². The molecule has 0 bridgehead atoms. The highest BCUT2D eigenvalue weighted by molar-refractivity contribution is 5.83. The molecule has 0 spiro atoms. The fourth-order valence-corrected chi connectivity index (χ4v) is 1.79. The van der Waals surface area contributed by atoms with Crippen molar-refractivity contribution in [1.29, 1.82) is 0 Å². The summed E-state index contributed by atoms with van der Waals surface area (Å²) in [7, 11) is 1.63. The molecule has 1 fully saturated rings. The van der Waals surface area contributed by atoms with Gasteiger partial charge in [-0.15, -0.1) is 0 Å². The number of nitrogens with zero attached hydrogens (tertiary/aromatic N) is 1. The maximum Gasteiger partial charge on any atom is 0.303 e. The molecule has 0 aromatic rings. The fourth-order valence-electron chi connectivity index (χ4n) is 1.79. The quantitative estimate of drug-likeness (QED) is 0.392. The predicted molar refractivity (Wildman–Crippen MR) is 62.6 cm³/mol. The summed E-state index contributed by atoms with van der Waals surface area (Å²) >= 11 is 0. The molecule has 0 radical (unpaired) electrons. The number of methoxy groups -OCH3 is 1. The molecule has 5 nitrogen and oxygen atoms in total. The van der Waals surface area contributed by atoms with Gasteiger partial charge in [-0.05, 0) is 12.8 Å². The van der Waals surface area contributed by atoms with Crippen LogP contribution in [0.5, 0.6) is 0 Å². The highest BCUT2D eigenvalue weighted by Crippen LogP contribution is 2.18. The van der Waals surface area contributed by atoms with Gasteiger partial charge in [-0.1, -0.05) is 12.2 Å². The third kappa shape index (κ3) is 4.56. The van der Waals surface area contributed by atoms with Crippen LogP contribution in [-0.2, 0) is 14.3 Å². The van der Waals surface area contributed by atoms with Crippen LogP contribution in [-0.4, -0.2) is 48.2 Å². The van der Waals surface area contributed by atoms with Gasteiger partial charge in [-0.25, -0.2) is 0 Å². The van der Waals surface area contributed by atoms with Gasteiger partial charge >= 0.3 is 5.97 Å². The molecular formula is C12H19NO4. The normalized spacial score (nSPS) is 19.7. The molecule has 17 heavy (non-hydrogen) atoms. The SMILES string of the molecule is COC[C@H]1CC(=O)N1CC=CCCCC(=O)O. The van der Waals surface area contributed by atoms with Gasteiger partial charge in [0, 0.05) is 26.5 Å². The Hall–Kier alpha value is -1.36. The number of unbranched alkanes of at least 4 members (excludes halogenated alkanes) is 1. The van der Waals surface area contributed by atoms with E-state index in [2.05, 4.69) is 0 Å². The first-order chi connectivity index (χ1) is 8.15. The van der Waals surface area contributed by atoms with E-state index >= 15 is 0 Å². The Bertz CT molecular complexity index is 301. The number of β-lactam (4-membered cyclic amide) rings is 1. The van der Waals surface area contributed by atoms with Crippen LogP contribution in [0.15, 0.2) is 12.2 Å². The first-order valence-electron chi connectivity index (χ1n) is 5.80. The van der Waals surface area contributed by atoms with E-state index < -0.39 is 5.97 Å². The monoisotopic (exact) mass is 241 g/mol. The number of amides is 1. The predicted octanol–water partition coefficient (Wildman–Crippen LogP) is 1.04. The lowest BCUT2D eigenvalue weighted by Crippen LogP contribution is -2.54. The minimum Gasteiger partial charge on any atom is -0.481 e. The number of carbonyl (C=O) groups excluding carboxylic acids is 1. The molecular weight excluding hydrogens is 222 g/mol. The molecule has 96 valence electrons. The molecule has 0 aromatic heterocycles. The Morgan fingerprint density at radius 3 is 2.94 bits per heavy atom. The summed E-state index contributed by atoms with van der Waals surface area (Å²) in [6.45, 7) is 1.18. The average molecular weight is 241 g/mol. The first kappa shape index (κ1) is 13.7. The molecule has 0 aliphatic carbocycles. The maximum absolute atomic E-state index is 11.3. The van der Waals surface area contributed by atoms with Gasteiger partial charge in [0.15, 0.2) is 0 Å². The summed E-state index contributed by atoms with van der Waals surface area (Å²) in [4.78, 5) is 23.3. The van der Waals surface area contributed by atoms with Crippen molar-refractivity contribution in [2.24, 2.45) is 0 Å². The van der Waals surface area contributed by atoms with Crippen molar-refractivity contribution in [3.63, 3.8) is 0 Å². The van der Waals surface area contributed by atoms with Crippen LogP contribution in [0.4, 0.5) is 0 Å². The van der Waals surface area contributed by atoms with Gasteiger partial charge in [0.25, 0.3) is 0 Å². The number of carboxylic acid groups (broad SMARTS) is 1. The summed E-state index contributed by atoms with van der Waals surface area (Å²) < 4.78 is 5.01. The Balaban J connectivity index is 2.14. The largest absolute Gasteiger partial charge is 0.481 e. The minimum atomic E-state index is -0.767. The summed E-state index contributed by atoms with van der Waals surface area (Å²) in [5.41, 5.74) is 0. The van der Waals surface area contributed by atoms with Gasteiger partial charge in [-0.3, -0.25) is 9.59 Å². The van der Waals surface area contributed by atoms with Crippen LogP contribution in [0.3, 0.4) is 0 Å². The van der Waals surface area contributed by atoms with Crippen molar-refractivity contribution < 1.29 is 19.4 Å². The van der Waals surface area contributed by atoms with Crippen molar-refractivity contribution in [3.8, 4) is 0 Å². The first-order valence-corrected chi connectivity index (χ1v) is 5.80. The summed E-state index contributed by atoms with van der Waals surface area (Å²) in [5.74, 6) is -0.612. The number of likely N-dealkylation sites (tertiary alicyclic amines) is 1. The highest BCUT2D eigenvalue weighted by atomic mass is 16.5. The number of aliphatic carboxylic acids is 1. The Morgan fingerprint density at radius 1 is 1.59 bits per heavy atom. The molecule has 0 aromatic carbocycles. The van der Waals surface area contributed by atoms with Crippen LogP contribution in [0, 0.1) is 0 Å². The van der Waals surface area contributed by atoms with Crippen LogP contribution in [0.1, 0.15) is 25.7 Å². The summed E-state index contributed by atoms with van der Waals surface area (Å²) in [6, 6.07) is 0.205. The van der Waals surface area contributed by atoms with Gasteiger partial charge in [0.05, 0.1) is 12.6 Å². The van der Waals surface area contributed by atoms with Gasteiger partial charge in [0.1, 0.15) is 0 Å². The van der Waals surface area contributed by atoms with E-state index in [-0.39, 0.29) is 18.4 Å². The number of carboxylic acids is 1. The molecule has 1 N–H and O–H groups in total. The van der Waals surface area contributed by atoms with Crippen LogP contribution >= 0.6 is 0 Å². The fraction of sp³-hybridized carbons (Fsp3) is 0.667. The zero-order valence-electron chi connectivity index (χ0n) is 10.1. The molecule has 1 heterocycles. The second-order valence-electron chi connectivity index (χ2n) is 4.12. The van der Waals surface area contributed by atoms with E-state index in [0.717, 1.165) is 6.42 Å². The van der Waals surface area contributed by atoms with Crippen molar-refractivity contribution in [3.05, 3.63) is 12.2 Å². The Labute approximate surface area is 101 Å². The van der Waals surface area contributed by atoms with E-state index in [4.69, 9.17) is 9.84 Å². The number of hydrogen-bond acceptors (Lipinski definition) is 3. The van der Waals surface area contributed by atoms with E-state index in [1.165, 1.54) is 0 Å². The summed E-state index contributed by atoms with van der Waals surface area (Å²) in [5, 5.41) is 8.44. The maximum atomic E-state index is 11.3. The van der Waals surface area contributed by atoms with Crippen molar-refractivity contribution in [2.75, 3.05) is 20.3 Å². The second-order valence-corrected chi connectivity index (χ2v) is 4.12. The number of allylic oxidation sites excluding steroid dienone is 1. The lowest BCUT2D eigenvalue weighted by molar-refractivity contribution is -0.147. The van der Waals surface area contributed by atoms with E-state index in [9.17, 15) is 9.59 Å². The molecule has 1 aliphatic rings. The topological polar surface area (TPSA) is 66.8 Å². The molecule has 1 rings (SSSR count). The van der Waals surface area contributed by atoms with Crippen LogP contribution in [0.2, 0.25) is 0 Å². The van der Waals surface area contributed by atoms with Crippen molar-refractivity contribution >= 4 is 11.9 Å². The van der Waals surface area contributed by atoms with E-state index in [1.807, 2.05) is 12.2 Å². The second kappa shape index (κ2) is 7.06. The molecule has 0 unspecified atom stereocenters. The lowest BCUT2D eigenvalue weighted by Gasteiger charge is -2.39. The highest BCUT2D eigenvalue weighted by Gasteiger charge is 2.34. The molecule has 5 heteroatoms. The molecule has 1 aliphatic heterocycles. The average Bonchev–Trinajstić information content (AvgIpc) is 2.27. The Kier molecular flexibility index (Phi) is 5.69. The third-order valence-electron chi connectivity index (χ3n) is 2.76. The van der Waals surface area contributed by atoms with Crippen LogP contribution in [0.25, 0.3) is 0 Å². The molecule has 1 atom stereocenters. The van der Waals surface area contributed by atoms with E-state index in [0.29, 0.717) is 26.0 Å². The smallest absolute Gasteiger partial charge is 0.303 e. The number of ether oxygens (including phenoxy) is 1. The lowest BCUT2D eigenvalue weighted by atomic mass is 10.0. The van der Waals surface area contributed by atoms with E-state index in [1.54, 1.807) is 12.0 Å². The van der Waals surface area contributed by atoms with Crippen LogP contribution < -0.4 is 0 Å². The standard InChI is InChI=1S/C12H19NO4/c1-17-9-10-8-11(14)13(10)7-5-3-2-4-6-12(15)16/h3,5,10H,2,4,6-9H2,1H3,(H,15,16)/t10-/m1/s1. The minimum absolute atomic E-state index is 0.155. The Morgan fingerprint density at radius 2 is 2.35 bits per heavy atom. The van der Waals surface area contributed by atoms with Gasteiger partial charge in [-0.2, -0.15) is 0 Å². The number of hydrogen-bond donors (Lipinski definition) is 1. The molecule has 1 saturated heterocycles. The number of carbonyl (C=O) groups is 2. The zero-order valence-corrected chi connectivity index (χ0v) is 10.1. The zero-order chi connectivity index (χ0) is 12.7. The summed E-state index contributed by atoms with van der Waals surface area (Å²) in [6.07, 6.45) is 5.99. The molecule has 1 amide bonds. The molecule has 0 saturated carbocycles. The number of rotatable bonds is 8.